The van der Waals surface area contributed by atoms with E-state index in [4.69, 9.17) is 10.2 Å². The molecular weight excluding hydrogens is 324 g/mol. The Bertz CT molecular complexity index is 1040. The normalized spacial score (nSPS) is 11.5. The molecule has 0 aliphatic rings. The van der Waals surface area contributed by atoms with Crippen LogP contribution in [0.3, 0.4) is 0 Å². The van der Waals surface area contributed by atoms with Crippen LogP contribution in [0, 0.1) is 10.1 Å². The SMILES string of the molecule is CNc1ccc(N=c2oc3ccc([N+](=O)[O-])cc3cc2C(N)=O)cc1. The fourth-order valence-corrected chi connectivity index (χ4v) is 2.31. The van der Waals surface area contributed by atoms with Crippen molar-refractivity contribution < 1.29 is 14.1 Å². The zero-order valence-electron chi connectivity index (χ0n) is 13.2. The van der Waals surface area contributed by atoms with Gasteiger partial charge >= 0.3 is 0 Å². The van der Waals surface area contributed by atoms with Crippen LogP contribution in [0.25, 0.3) is 11.0 Å². The van der Waals surface area contributed by atoms with Gasteiger partial charge in [0.15, 0.2) is 0 Å². The summed E-state index contributed by atoms with van der Waals surface area (Å²) in [5, 5.41) is 14.3. The predicted octanol–water partition coefficient (Wildman–Crippen LogP) is 2.71. The van der Waals surface area contributed by atoms with Crippen LogP contribution >= 0.6 is 0 Å². The summed E-state index contributed by atoms with van der Waals surface area (Å²) in [6.07, 6.45) is 0. The highest BCUT2D eigenvalue weighted by atomic mass is 16.6. The molecule has 0 spiro atoms. The summed E-state index contributed by atoms with van der Waals surface area (Å²) >= 11 is 0. The molecule has 0 aliphatic heterocycles. The van der Waals surface area contributed by atoms with Crippen LogP contribution in [0.2, 0.25) is 0 Å². The van der Waals surface area contributed by atoms with E-state index in [1.54, 1.807) is 19.2 Å². The highest BCUT2D eigenvalue weighted by Crippen LogP contribution is 2.21. The van der Waals surface area contributed by atoms with Gasteiger partial charge in [-0.05, 0) is 36.4 Å². The molecule has 0 saturated carbocycles. The Balaban J connectivity index is 2.20. The fourth-order valence-electron chi connectivity index (χ4n) is 2.31. The standard InChI is InChI=1S/C17H14N4O4/c1-19-11-2-4-12(5-3-11)20-17-14(16(18)22)9-10-8-13(21(23)24)6-7-15(10)25-17/h2-9,19H,1H3,(H2,18,22). The largest absolute Gasteiger partial charge is 0.438 e. The Morgan fingerprint density at radius 1 is 1.20 bits per heavy atom. The fraction of sp³-hybridized carbons (Fsp3) is 0.0588. The lowest BCUT2D eigenvalue weighted by Gasteiger charge is -2.03. The van der Waals surface area contributed by atoms with Crippen molar-refractivity contribution in [2.24, 2.45) is 10.7 Å². The minimum atomic E-state index is -0.734. The Hall–Kier alpha value is -3.68. The first-order valence-electron chi connectivity index (χ1n) is 7.32. The van der Waals surface area contributed by atoms with E-state index in [1.807, 2.05) is 12.1 Å². The molecule has 3 N–H and O–H groups in total. The van der Waals surface area contributed by atoms with E-state index in [0.717, 1.165) is 5.69 Å². The van der Waals surface area contributed by atoms with Crippen LogP contribution in [-0.4, -0.2) is 17.9 Å². The summed E-state index contributed by atoms with van der Waals surface area (Å²) in [5.41, 5.74) is 7.24. The number of non-ortho nitro benzene ring substituents is 1. The van der Waals surface area contributed by atoms with Gasteiger partial charge in [0.1, 0.15) is 11.1 Å². The van der Waals surface area contributed by atoms with Gasteiger partial charge < -0.3 is 15.5 Å². The highest BCUT2D eigenvalue weighted by molar-refractivity contribution is 5.95. The Kier molecular flexibility index (Phi) is 4.17. The molecule has 0 bridgehead atoms. The molecule has 126 valence electrons. The lowest BCUT2D eigenvalue weighted by atomic mass is 10.1. The average Bonchev–Trinajstić information content (AvgIpc) is 2.61. The number of hydrogen-bond acceptors (Lipinski definition) is 6. The lowest BCUT2D eigenvalue weighted by Crippen LogP contribution is -2.21. The molecule has 0 unspecified atom stereocenters. The third kappa shape index (κ3) is 3.32. The van der Waals surface area contributed by atoms with E-state index in [0.29, 0.717) is 16.7 Å². The summed E-state index contributed by atoms with van der Waals surface area (Å²) in [4.78, 5) is 26.4. The molecule has 1 heterocycles. The van der Waals surface area contributed by atoms with Crippen LogP contribution in [0.15, 0.2) is 57.9 Å². The molecule has 8 heteroatoms. The van der Waals surface area contributed by atoms with E-state index in [-0.39, 0.29) is 16.8 Å². The third-order valence-corrected chi connectivity index (χ3v) is 3.59. The molecule has 8 nitrogen and oxygen atoms in total. The number of carbonyl (C=O) groups excluding carboxylic acids is 1. The lowest BCUT2D eigenvalue weighted by molar-refractivity contribution is -0.384. The Labute approximate surface area is 141 Å². The third-order valence-electron chi connectivity index (χ3n) is 3.59. The quantitative estimate of drug-likeness (QED) is 0.559. The number of anilines is 1. The van der Waals surface area contributed by atoms with Crippen molar-refractivity contribution in [2.45, 2.75) is 0 Å². The Morgan fingerprint density at radius 3 is 2.52 bits per heavy atom. The minimum absolute atomic E-state index is 0.0469. The van der Waals surface area contributed by atoms with Crippen LogP contribution in [0.1, 0.15) is 10.4 Å². The van der Waals surface area contributed by atoms with Crippen molar-refractivity contribution in [3.63, 3.8) is 0 Å². The van der Waals surface area contributed by atoms with Crippen molar-refractivity contribution in [1.29, 1.82) is 0 Å². The summed E-state index contributed by atoms with van der Waals surface area (Å²) in [7, 11) is 1.80. The molecular formula is C17H14N4O4. The Morgan fingerprint density at radius 2 is 1.92 bits per heavy atom. The molecule has 0 atom stereocenters. The summed E-state index contributed by atoms with van der Waals surface area (Å²) < 4.78 is 5.64. The topological polar surface area (TPSA) is 124 Å². The van der Waals surface area contributed by atoms with Crippen molar-refractivity contribution in [3.8, 4) is 0 Å². The molecule has 0 fully saturated rings. The minimum Gasteiger partial charge on any atom is -0.438 e. The molecule has 1 aromatic heterocycles. The number of nitro benzene ring substituents is 1. The molecule has 2 aromatic carbocycles. The summed E-state index contributed by atoms with van der Waals surface area (Å²) in [5.74, 6) is -0.734. The molecule has 0 saturated heterocycles. The van der Waals surface area contributed by atoms with Crippen LogP contribution < -0.4 is 16.6 Å². The molecule has 25 heavy (non-hydrogen) atoms. The highest BCUT2D eigenvalue weighted by Gasteiger charge is 2.12. The maximum absolute atomic E-state index is 11.7. The molecule has 0 radical (unpaired) electrons. The zero-order chi connectivity index (χ0) is 18.0. The molecule has 0 aliphatic carbocycles. The number of nitro groups is 1. The number of rotatable bonds is 4. The number of nitrogens with one attached hydrogen (secondary N) is 1. The van der Waals surface area contributed by atoms with Gasteiger partial charge in [0.2, 0.25) is 5.55 Å². The monoisotopic (exact) mass is 338 g/mol. The first-order valence-corrected chi connectivity index (χ1v) is 7.32. The van der Waals surface area contributed by atoms with Crippen LogP contribution in [-0.2, 0) is 0 Å². The second-order valence-corrected chi connectivity index (χ2v) is 5.22. The van der Waals surface area contributed by atoms with Gasteiger partial charge in [-0.15, -0.1) is 0 Å². The van der Waals surface area contributed by atoms with Crippen molar-refractivity contribution in [2.75, 3.05) is 12.4 Å². The molecule has 3 rings (SSSR count). The van der Waals surface area contributed by atoms with E-state index in [9.17, 15) is 14.9 Å². The van der Waals surface area contributed by atoms with Gasteiger partial charge in [-0.25, -0.2) is 4.99 Å². The first-order chi connectivity index (χ1) is 12.0. The number of primary amides is 1. The maximum Gasteiger partial charge on any atom is 0.270 e. The number of nitrogens with two attached hydrogens (primary N) is 1. The smallest absolute Gasteiger partial charge is 0.270 e. The van der Waals surface area contributed by atoms with E-state index in [2.05, 4.69) is 10.3 Å². The predicted molar refractivity (Wildman–Crippen MR) is 92.6 cm³/mol. The van der Waals surface area contributed by atoms with Gasteiger partial charge in [-0.1, -0.05) is 0 Å². The second kappa shape index (κ2) is 6.44. The number of nitrogens with zero attached hydrogens (tertiary/aromatic N) is 2. The van der Waals surface area contributed by atoms with E-state index >= 15 is 0 Å². The summed E-state index contributed by atoms with van der Waals surface area (Å²) in [6.45, 7) is 0. The average molecular weight is 338 g/mol. The van der Waals surface area contributed by atoms with Crippen molar-refractivity contribution in [1.82, 2.24) is 0 Å². The van der Waals surface area contributed by atoms with Crippen LogP contribution in [0.5, 0.6) is 0 Å². The van der Waals surface area contributed by atoms with E-state index < -0.39 is 10.8 Å². The number of fused-ring (bicyclic) bond motifs is 1. The number of benzene rings is 2. The maximum atomic E-state index is 11.7. The number of carbonyl (C=O) groups is 1. The van der Waals surface area contributed by atoms with E-state index in [1.165, 1.54) is 24.3 Å². The number of amides is 1. The molecule has 3 aromatic rings. The summed E-state index contributed by atoms with van der Waals surface area (Å²) in [6, 6.07) is 12.7. The van der Waals surface area contributed by atoms with Gasteiger partial charge in [0.05, 0.1) is 10.6 Å². The van der Waals surface area contributed by atoms with Gasteiger partial charge in [0, 0.05) is 30.3 Å². The number of hydrogen-bond donors (Lipinski definition) is 2. The van der Waals surface area contributed by atoms with Gasteiger partial charge in [-0.2, -0.15) is 0 Å². The van der Waals surface area contributed by atoms with Gasteiger partial charge in [0.25, 0.3) is 11.6 Å². The molecule has 1 amide bonds. The van der Waals surface area contributed by atoms with Crippen LogP contribution in [0.4, 0.5) is 17.1 Å². The second-order valence-electron chi connectivity index (χ2n) is 5.22. The van der Waals surface area contributed by atoms with Crippen molar-refractivity contribution >= 4 is 33.9 Å². The zero-order valence-corrected chi connectivity index (χ0v) is 13.2. The van der Waals surface area contributed by atoms with Crippen molar-refractivity contribution in [3.05, 3.63) is 69.8 Å². The van der Waals surface area contributed by atoms with Gasteiger partial charge in [-0.3, -0.25) is 14.9 Å². The first kappa shape index (κ1) is 16.2.